The molecule has 24 heavy (non-hydrogen) atoms. The van der Waals surface area contributed by atoms with Crippen molar-refractivity contribution < 1.29 is 12.8 Å². The summed E-state index contributed by atoms with van der Waals surface area (Å²) < 4.78 is 42.9. The van der Waals surface area contributed by atoms with Crippen LogP contribution in [0.4, 0.5) is 10.1 Å². The molecule has 0 saturated heterocycles. The highest BCUT2D eigenvalue weighted by Crippen LogP contribution is 2.37. The van der Waals surface area contributed by atoms with Gasteiger partial charge >= 0.3 is 10.2 Å². The number of hydrogen-bond acceptors (Lipinski definition) is 2. The maximum atomic E-state index is 14.3. The number of hydrogen-bond donors (Lipinski definition) is 0. The summed E-state index contributed by atoms with van der Waals surface area (Å²) in [6.07, 6.45) is 9.39. The van der Waals surface area contributed by atoms with Gasteiger partial charge in [0.25, 0.3) is 0 Å². The van der Waals surface area contributed by atoms with Crippen LogP contribution in [-0.2, 0) is 10.2 Å². The molecule has 1 aromatic rings. The predicted octanol–water partition coefficient (Wildman–Crippen LogP) is 4.10. The fourth-order valence-electron chi connectivity index (χ4n) is 2.76. The standard InChI is InChI=1S/C17H18BrFN2O2S/c18-11-5-6-12-20-13-14-7-1-3-9-16(14)21(24(20,22)23)17-10-4-2-8-15(17)19/h1-4,8-10,13H,5-7,11-12H2. The molecule has 0 unspecified atom stereocenters. The molecule has 0 spiro atoms. The van der Waals surface area contributed by atoms with Crippen LogP contribution in [0.3, 0.4) is 0 Å². The molecule has 0 atom stereocenters. The Morgan fingerprint density at radius 2 is 2.00 bits per heavy atom. The van der Waals surface area contributed by atoms with Crippen LogP contribution >= 0.6 is 15.9 Å². The zero-order valence-corrected chi connectivity index (χ0v) is 15.4. The Morgan fingerprint density at radius 1 is 1.21 bits per heavy atom. The van der Waals surface area contributed by atoms with Crippen LogP contribution in [-0.4, -0.2) is 24.6 Å². The maximum Gasteiger partial charge on any atom is 0.330 e. The van der Waals surface area contributed by atoms with Gasteiger partial charge in [0.1, 0.15) is 5.82 Å². The average molecular weight is 413 g/mol. The fourth-order valence-corrected chi connectivity index (χ4v) is 4.81. The van der Waals surface area contributed by atoms with E-state index in [1.54, 1.807) is 30.5 Å². The molecule has 1 aliphatic heterocycles. The van der Waals surface area contributed by atoms with Crippen molar-refractivity contribution in [2.24, 2.45) is 0 Å². The maximum absolute atomic E-state index is 14.3. The van der Waals surface area contributed by atoms with Gasteiger partial charge < -0.3 is 0 Å². The SMILES string of the molecule is O=S1(=O)N(CCCCBr)C=C2CC=CC=C2N1c1ccccc1F. The largest absolute Gasteiger partial charge is 0.330 e. The van der Waals surface area contributed by atoms with E-state index in [0.29, 0.717) is 18.7 Å². The summed E-state index contributed by atoms with van der Waals surface area (Å²) in [6.45, 7) is 0.374. The minimum absolute atomic E-state index is 0.0511. The van der Waals surface area contributed by atoms with Crippen LogP contribution in [0.5, 0.6) is 0 Å². The van der Waals surface area contributed by atoms with Gasteiger partial charge in [-0.3, -0.25) is 4.31 Å². The van der Waals surface area contributed by atoms with Crippen molar-refractivity contribution >= 4 is 31.8 Å². The Labute approximate surface area is 150 Å². The van der Waals surface area contributed by atoms with Crippen LogP contribution in [0.15, 0.2) is 60.0 Å². The molecule has 1 aliphatic carbocycles. The average Bonchev–Trinajstić information content (AvgIpc) is 2.56. The Bertz CT molecular complexity index is 818. The first-order valence-corrected chi connectivity index (χ1v) is 10.3. The highest BCUT2D eigenvalue weighted by molar-refractivity contribution is 9.09. The Balaban J connectivity index is 2.08. The zero-order chi connectivity index (χ0) is 17.2. The number of benzene rings is 1. The minimum atomic E-state index is -3.86. The van der Waals surface area contributed by atoms with Crippen molar-refractivity contribution in [2.45, 2.75) is 19.3 Å². The summed E-state index contributed by atoms with van der Waals surface area (Å²) >= 11 is 3.35. The lowest BCUT2D eigenvalue weighted by Gasteiger charge is -2.38. The molecule has 2 aliphatic rings. The first-order chi connectivity index (χ1) is 11.6. The molecule has 0 amide bonds. The van der Waals surface area contributed by atoms with Gasteiger partial charge in [-0.25, -0.2) is 8.70 Å². The van der Waals surface area contributed by atoms with Crippen molar-refractivity contribution in [1.29, 1.82) is 0 Å². The van der Waals surface area contributed by atoms with E-state index in [1.807, 2.05) is 6.08 Å². The Morgan fingerprint density at radius 3 is 2.75 bits per heavy atom. The van der Waals surface area contributed by atoms with Crippen molar-refractivity contribution in [1.82, 2.24) is 4.31 Å². The number of anilines is 1. The van der Waals surface area contributed by atoms with E-state index >= 15 is 0 Å². The normalized spacial score (nSPS) is 18.9. The van der Waals surface area contributed by atoms with Gasteiger partial charge in [-0.2, -0.15) is 8.42 Å². The van der Waals surface area contributed by atoms with Crippen LogP contribution in [0.2, 0.25) is 0 Å². The monoisotopic (exact) mass is 412 g/mol. The molecule has 1 aromatic carbocycles. The molecule has 1 heterocycles. The third-order valence-corrected chi connectivity index (χ3v) is 6.23. The number of nitrogens with zero attached hydrogens (tertiary/aromatic N) is 2. The van der Waals surface area contributed by atoms with Gasteiger partial charge in [0.2, 0.25) is 0 Å². The van der Waals surface area contributed by atoms with Crippen LogP contribution in [0, 0.1) is 5.82 Å². The van der Waals surface area contributed by atoms with Gasteiger partial charge in [0.05, 0.1) is 11.4 Å². The van der Waals surface area contributed by atoms with Gasteiger partial charge in [-0.15, -0.1) is 0 Å². The second-order valence-electron chi connectivity index (χ2n) is 5.57. The van der Waals surface area contributed by atoms with Crippen molar-refractivity contribution in [3.05, 3.63) is 65.8 Å². The number of halogens is 2. The number of para-hydroxylation sites is 1. The number of alkyl halides is 1. The van der Waals surface area contributed by atoms with Crippen LogP contribution in [0.25, 0.3) is 0 Å². The minimum Gasteiger partial charge on any atom is -0.260 e. The summed E-state index contributed by atoms with van der Waals surface area (Å²) in [7, 11) is -3.86. The highest BCUT2D eigenvalue weighted by Gasteiger charge is 2.38. The molecule has 4 nitrogen and oxygen atoms in total. The third-order valence-electron chi connectivity index (χ3n) is 3.94. The summed E-state index contributed by atoms with van der Waals surface area (Å²) in [5.74, 6) is -0.557. The Kier molecular flexibility index (Phi) is 5.10. The number of rotatable bonds is 5. The summed E-state index contributed by atoms with van der Waals surface area (Å²) in [5.41, 5.74) is 1.43. The summed E-state index contributed by atoms with van der Waals surface area (Å²) in [5, 5.41) is 0.822. The quantitative estimate of drug-likeness (QED) is 0.539. The van der Waals surface area contributed by atoms with Crippen molar-refractivity contribution in [2.75, 3.05) is 16.2 Å². The molecule has 128 valence electrons. The molecule has 0 bridgehead atoms. The zero-order valence-electron chi connectivity index (χ0n) is 13.0. The van der Waals surface area contributed by atoms with Gasteiger partial charge in [-0.1, -0.05) is 40.2 Å². The lowest BCUT2D eigenvalue weighted by molar-refractivity contribution is 0.477. The molecule has 7 heteroatoms. The topological polar surface area (TPSA) is 40.6 Å². The Hall–Kier alpha value is -1.60. The smallest absolute Gasteiger partial charge is 0.260 e. The molecular formula is C17H18BrFN2O2S. The number of allylic oxidation sites excluding steroid dienone is 4. The van der Waals surface area contributed by atoms with Gasteiger partial charge in [0.15, 0.2) is 0 Å². The van der Waals surface area contributed by atoms with Gasteiger partial charge in [0, 0.05) is 18.1 Å². The van der Waals surface area contributed by atoms with Crippen LogP contribution < -0.4 is 4.31 Å². The highest BCUT2D eigenvalue weighted by atomic mass is 79.9. The first-order valence-electron chi connectivity index (χ1n) is 7.76. The lowest BCUT2D eigenvalue weighted by atomic mass is 10.0. The molecule has 0 saturated carbocycles. The first kappa shape index (κ1) is 17.2. The lowest BCUT2D eigenvalue weighted by Crippen LogP contribution is -2.45. The molecule has 0 aromatic heterocycles. The summed E-state index contributed by atoms with van der Waals surface area (Å²) in [4.78, 5) is 0. The van der Waals surface area contributed by atoms with Crippen molar-refractivity contribution in [3.8, 4) is 0 Å². The van der Waals surface area contributed by atoms with E-state index in [-0.39, 0.29) is 5.69 Å². The summed E-state index contributed by atoms with van der Waals surface area (Å²) in [6, 6.07) is 5.96. The third kappa shape index (κ3) is 3.15. The number of fused-ring (bicyclic) bond motifs is 1. The van der Waals surface area contributed by atoms with Gasteiger partial charge in [-0.05, 0) is 43.0 Å². The second-order valence-corrected chi connectivity index (χ2v) is 8.09. The number of unbranched alkanes of at least 4 members (excludes halogenated alkanes) is 1. The van der Waals surface area contributed by atoms with Crippen LogP contribution in [0.1, 0.15) is 19.3 Å². The molecule has 3 rings (SSSR count). The van der Waals surface area contributed by atoms with Crippen molar-refractivity contribution in [3.63, 3.8) is 0 Å². The molecular weight excluding hydrogens is 395 g/mol. The van der Waals surface area contributed by atoms with E-state index in [2.05, 4.69) is 15.9 Å². The second kappa shape index (κ2) is 7.11. The molecule has 0 N–H and O–H groups in total. The van der Waals surface area contributed by atoms with E-state index < -0.39 is 16.0 Å². The molecule has 0 fully saturated rings. The van der Waals surface area contributed by atoms with E-state index in [0.717, 1.165) is 28.1 Å². The van der Waals surface area contributed by atoms with E-state index in [4.69, 9.17) is 0 Å². The predicted molar refractivity (Wildman–Crippen MR) is 97.5 cm³/mol. The van der Waals surface area contributed by atoms with E-state index in [9.17, 15) is 12.8 Å². The van der Waals surface area contributed by atoms with E-state index in [1.165, 1.54) is 16.4 Å². The molecule has 0 radical (unpaired) electrons. The fraction of sp³-hybridized carbons (Fsp3) is 0.294.